The van der Waals surface area contributed by atoms with E-state index in [1.165, 1.54) is 5.56 Å². The van der Waals surface area contributed by atoms with Gasteiger partial charge in [0.25, 0.3) is 11.8 Å². The Balaban J connectivity index is 1.86. The number of hydrogen-bond acceptors (Lipinski definition) is 3. The number of rotatable bonds is 3. The van der Waals surface area contributed by atoms with Gasteiger partial charge in [-0.2, -0.15) is 0 Å². The van der Waals surface area contributed by atoms with Gasteiger partial charge in [0.05, 0.1) is 5.69 Å². The highest BCUT2D eigenvalue weighted by molar-refractivity contribution is 6.03. The zero-order chi connectivity index (χ0) is 21.4. The molecule has 6 nitrogen and oxygen atoms in total. The summed E-state index contributed by atoms with van der Waals surface area (Å²) >= 11 is 0. The van der Waals surface area contributed by atoms with Crippen molar-refractivity contribution in [2.24, 2.45) is 0 Å². The molecule has 1 aromatic heterocycles. The van der Waals surface area contributed by atoms with E-state index in [1.807, 2.05) is 49.6 Å². The second-order valence-corrected chi connectivity index (χ2v) is 9.83. The summed E-state index contributed by atoms with van der Waals surface area (Å²) in [5.74, 6) is -0.207. The fourth-order valence-electron chi connectivity index (χ4n) is 3.54. The van der Waals surface area contributed by atoms with Crippen molar-refractivity contribution in [3.8, 4) is 0 Å². The molecule has 2 aromatic rings. The summed E-state index contributed by atoms with van der Waals surface area (Å²) in [6.45, 7) is 13.0. The van der Waals surface area contributed by atoms with Gasteiger partial charge in [-0.05, 0) is 63.1 Å². The van der Waals surface area contributed by atoms with Crippen molar-refractivity contribution in [2.45, 2.75) is 78.3 Å². The van der Waals surface area contributed by atoms with Gasteiger partial charge in [-0.3, -0.25) is 9.59 Å². The minimum atomic E-state index is -0.362. The van der Waals surface area contributed by atoms with Gasteiger partial charge in [-0.25, -0.2) is 4.98 Å². The third-order valence-electron chi connectivity index (χ3n) is 5.03. The van der Waals surface area contributed by atoms with Crippen molar-refractivity contribution < 1.29 is 9.59 Å². The van der Waals surface area contributed by atoms with Crippen LogP contribution in [0.5, 0.6) is 0 Å². The summed E-state index contributed by atoms with van der Waals surface area (Å²) < 4.78 is 1.90. The van der Waals surface area contributed by atoms with Crippen molar-refractivity contribution in [1.29, 1.82) is 0 Å². The normalized spacial score (nSPS) is 14.3. The highest BCUT2D eigenvalue weighted by atomic mass is 16.2. The summed E-state index contributed by atoms with van der Waals surface area (Å²) in [5.41, 5.74) is 2.84. The fourth-order valence-corrected chi connectivity index (χ4v) is 3.54. The van der Waals surface area contributed by atoms with E-state index in [0.717, 1.165) is 30.6 Å². The van der Waals surface area contributed by atoms with Crippen LogP contribution in [0.15, 0.2) is 24.3 Å². The van der Waals surface area contributed by atoms with Gasteiger partial charge < -0.3 is 15.2 Å². The van der Waals surface area contributed by atoms with Gasteiger partial charge in [0, 0.05) is 17.8 Å². The second-order valence-electron chi connectivity index (χ2n) is 9.83. The quantitative estimate of drug-likeness (QED) is 0.812. The van der Waals surface area contributed by atoms with E-state index < -0.39 is 0 Å². The SMILES string of the molecule is CC(C)(C)NC(=O)c1nc(C(=O)Nc2ccc(C(C)(C)C)cc2)n2c1CCCC2. The molecule has 2 N–H and O–H groups in total. The number of carbonyl (C=O) groups excluding carboxylic acids is 2. The molecule has 0 unspecified atom stereocenters. The predicted molar refractivity (Wildman–Crippen MR) is 115 cm³/mol. The molecule has 0 radical (unpaired) electrons. The molecule has 156 valence electrons. The molecule has 0 spiro atoms. The lowest BCUT2D eigenvalue weighted by molar-refractivity contribution is 0.0913. The molecule has 0 bridgehead atoms. The lowest BCUT2D eigenvalue weighted by Crippen LogP contribution is -2.41. The van der Waals surface area contributed by atoms with E-state index >= 15 is 0 Å². The Labute approximate surface area is 173 Å². The Morgan fingerprint density at radius 1 is 0.966 bits per heavy atom. The maximum Gasteiger partial charge on any atom is 0.291 e. The fraction of sp³-hybridized carbons (Fsp3) is 0.522. The standard InChI is InChI=1S/C23H32N4O2/c1-22(2,3)15-10-12-16(13-11-15)24-21(29)19-25-18(20(28)26-23(4,5)6)17-9-7-8-14-27(17)19/h10-13H,7-9,14H2,1-6H3,(H,24,29)(H,26,28). The first-order valence-corrected chi connectivity index (χ1v) is 10.3. The first-order valence-electron chi connectivity index (χ1n) is 10.3. The molecule has 2 heterocycles. The number of anilines is 1. The lowest BCUT2D eigenvalue weighted by atomic mass is 9.87. The zero-order valence-electron chi connectivity index (χ0n) is 18.3. The van der Waals surface area contributed by atoms with Gasteiger partial charge in [0.2, 0.25) is 0 Å². The number of hydrogen-bond donors (Lipinski definition) is 2. The minimum absolute atomic E-state index is 0.0556. The van der Waals surface area contributed by atoms with E-state index in [9.17, 15) is 9.59 Å². The van der Waals surface area contributed by atoms with Crippen LogP contribution in [0, 0.1) is 0 Å². The number of benzene rings is 1. The van der Waals surface area contributed by atoms with Crippen molar-refractivity contribution in [3.63, 3.8) is 0 Å². The lowest BCUT2D eigenvalue weighted by Gasteiger charge is -2.21. The number of nitrogens with zero attached hydrogens (tertiary/aromatic N) is 2. The summed E-state index contributed by atoms with van der Waals surface area (Å²) in [7, 11) is 0. The molecule has 1 aliphatic rings. The molecule has 0 saturated heterocycles. The highest BCUT2D eigenvalue weighted by Gasteiger charge is 2.29. The number of imidazole rings is 1. The Morgan fingerprint density at radius 3 is 2.21 bits per heavy atom. The maximum atomic E-state index is 13.0. The highest BCUT2D eigenvalue weighted by Crippen LogP contribution is 2.25. The Kier molecular flexibility index (Phi) is 5.57. The van der Waals surface area contributed by atoms with Crippen LogP contribution in [0.2, 0.25) is 0 Å². The second kappa shape index (κ2) is 7.65. The van der Waals surface area contributed by atoms with Crippen LogP contribution in [0.1, 0.15) is 86.7 Å². The predicted octanol–water partition coefficient (Wildman–Crippen LogP) is 4.30. The van der Waals surface area contributed by atoms with E-state index in [4.69, 9.17) is 0 Å². The van der Waals surface area contributed by atoms with Crippen molar-refractivity contribution in [2.75, 3.05) is 5.32 Å². The number of aromatic nitrogens is 2. The van der Waals surface area contributed by atoms with Gasteiger partial charge in [-0.1, -0.05) is 32.9 Å². The monoisotopic (exact) mass is 396 g/mol. The first-order chi connectivity index (χ1) is 13.5. The maximum absolute atomic E-state index is 13.0. The summed E-state index contributed by atoms with van der Waals surface area (Å²) in [5, 5.41) is 5.89. The Bertz CT molecular complexity index is 912. The molecule has 6 heteroatoms. The molecule has 0 aliphatic carbocycles. The van der Waals surface area contributed by atoms with Crippen LogP contribution in [0.25, 0.3) is 0 Å². The van der Waals surface area contributed by atoms with E-state index in [0.29, 0.717) is 18.1 Å². The molecule has 2 amide bonds. The summed E-state index contributed by atoms with van der Waals surface area (Å²) in [6, 6.07) is 7.87. The molecular formula is C23H32N4O2. The minimum Gasteiger partial charge on any atom is -0.346 e. The molecule has 1 aliphatic heterocycles. The smallest absolute Gasteiger partial charge is 0.291 e. The molecule has 0 saturated carbocycles. The average Bonchev–Trinajstić information content (AvgIpc) is 3.00. The van der Waals surface area contributed by atoms with Crippen LogP contribution in [0.4, 0.5) is 5.69 Å². The number of amides is 2. The van der Waals surface area contributed by atoms with Crippen LogP contribution in [0.3, 0.4) is 0 Å². The molecule has 0 atom stereocenters. The van der Waals surface area contributed by atoms with Gasteiger partial charge in [0.1, 0.15) is 5.69 Å². The largest absolute Gasteiger partial charge is 0.346 e. The molecule has 29 heavy (non-hydrogen) atoms. The Hall–Kier alpha value is -2.63. The molecular weight excluding hydrogens is 364 g/mol. The van der Waals surface area contributed by atoms with Crippen molar-refractivity contribution in [1.82, 2.24) is 14.9 Å². The summed E-state index contributed by atoms with van der Waals surface area (Å²) in [4.78, 5) is 30.2. The third kappa shape index (κ3) is 4.86. The van der Waals surface area contributed by atoms with E-state index in [1.54, 1.807) is 0 Å². The van der Waals surface area contributed by atoms with E-state index in [-0.39, 0.29) is 22.8 Å². The Morgan fingerprint density at radius 2 is 1.62 bits per heavy atom. The van der Waals surface area contributed by atoms with Crippen molar-refractivity contribution >= 4 is 17.5 Å². The zero-order valence-corrected chi connectivity index (χ0v) is 18.3. The van der Waals surface area contributed by atoms with Crippen LogP contribution >= 0.6 is 0 Å². The third-order valence-corrected chi connectivity index (χ3v) is 5.03. The molecule has 1 aromatic carbocycles. The molecule has 0 fully saturated rings. The van der Waals surface area contributed by atoms with Crippen LogP contribution in [-0.4, -0.2) is 26.9 Å². The molecule has 3 rings (SSSR count). The van der Waals surface area contributed by atoms with Crippen LogP contribution in [-0.2, 0) is 18.4 Å². The first kappa shape index (κ1) is 21.1. The topological polar surface area (TPSA) is 76.0 Å². The average molecular weight is 397 g/mol. The summed E-state index contributed by atoms with van der Waals surface area (Å²) in [6.07, 6.45) is 2.73. The van der Waals surface area contributed by atoms with Gasteiger partial charge >= 0.3 is 0 Å². The number of fused-ring (bicyclic) bond motifs is 1. The van der Waals surface area contributed by atoms with Crippen LogP contribution < -0.4 is 10.6 Å². The van der Waals surface area contributed by atoms with Crippen molar-refractivity contribution in [3.05, 3.63) is 47.0 Å². The van der Waals surface area contributed by atoms with Gasteiger partial charge in [-0.15, -0.1) is 0 Å². The number of carbonyl (C=O) groups is 2. The van der Waals surface area contributed by atoms with E-state index in [2.05, 4.69) is 36.4 Å². The van der Waals surface area contributed by atoms with Gasteiger partial charge in [0.15, 0.2) is 5.82 Å². The number of nitrogens with one attached hydrogen (secondary N) is 2.